The van der Waals surface area contributed by atoms with Gasteiger partial charge in [-0.3, -0.25) is 4.79 Å². The highest BCUT2D eigenvalue weighted by molar-refractivity contribution is 6.31. The minimum atomic E-state index is -4.57. The molecule has 142 valence electrons. The van der Waals surface area contributed by atoms with Crippen LogP contribution < -0.4 is 10.3 Å². The van der Waals surface area contributed by atoms with Crippen LogP contribution in [0.4, 0.5) is 13.2 Å². The molecule has 0 aliphatic rings. The quantitative estimate of drug-likeness (QED) is 0.593. The SMILES string of the molecule is COc1ccc(Cl)cc1-c1c(/C=C/C#N)c(=O)[nH]c2ccc(C(F)(F)F)cc12. The number of benzene rings is 2. The Bertz CT molecular complexity index is 1190. The topological polar surface area (TPSA) is 65.9 Å². The first-order valence-electron chi connectivity index (χ1n) is 7.93. The van der Waals surface area contributed by atoms with E-state index in [4.69, 9.17) is 21.6 Å². The van der Waals surface area contributed by atoms with Crippen LogP contribution in [0.15, 0.2) is 47.3 Å². The molecule has 28 heavy (non-hydrogen) atoms. The molecule has 0 saturated carbocycles. The van der Waals surface area contributed by atoms with E-state index in [0.717, 1.165) is 18.2 Å². The van der Waals surface area contributed by atoms with Gasteiger partial charge in [0.15, 0.2) is 0 Å². The molecule has 0 unspecified atom stereocenters. The Morgan fingerprint density at radius 3 is 2.61 bits per heavy atom. The third kappa shape index (κ3) is 3.59. The normalized spacial score (nSPS) is 11.7. The van der Waals surface area contributed by atoms with Crippen molar-refractivity contribution in [2.24, 2.45) is 0 Å². The number of nitriles is 1. The second kappa shape index (κ2) is 7.41. The van der Waals surface area contributed by atoms with Gasteiger partial charge in [-0.25, -0.2) is 0 Å². The Labute approximate surface area is 162 Å². The van der Waals surface area contributed by atoms with Crippen molar-refractivity contribution in [3.63, 3.8) is 0 Å². The fourth-order valence-corrected chi connectivity index (χ4v) is 3.10. The number of rotatable bonds is 3. The highest BCUT2D eigenvalue weighted by Crippen LogP contribution is 2.40. The number of alkyl halides is 3. The lowest BCUT2D eigenvalue weighted by molar-refractivity contribution is -0.137. The summed E-state index contributed by atoms with van der Waals surface area (Å²) in [5.74, 6) is 0.320. The standard InChI is InChI=1S/C20H12ClF3N2O2/c1-28-17-7-5-12(21)10-15(17)18-13(3-2-8-25)19(27)26-16-6-4-11(9-14(16)18)20(22,23)24/h2-7,9-10H,1H3,(H,26,27)/b3-2+. The molecule has 4 nitrogen and oxygen atoms in total. The Hall–Kier alpha value is -3.24. The van der Waals surface area contributed by atoms with Crippen molar-refractivity contribution in [2.45, 2.75) is 6.18 Å². The lowest BCUT2D eigenvalue weighted by atomic mass is 9.94. The molecule has 1 aromatic heterocycles. The zero-order valence-electron chi connectivity index (χ0n) is 14.4. The maximum Gasteiger partial charge on any atom is 0.416 e. The molecular formula is C20H12ClF3N2O2. The summed E-state index contributed by atoms with van der Waals surface area (Å²) in [6, 6.07) is 9.42. The van der Waals surface area contributed by atoms with E-state index in [1.165, 1.54) is 25.3 Å². The molecule has 1 heterocycles. The van der Waals surface area contributed by atoms with Gasteiger partial charge in [0, 0.05) is 38.7 Å². The summed E-state index contributed by atoms with van der Waals surface area (Å²) in [7, 11) is 1.40. The molecule has 0 bridgehead atoms. The van der Waals surface area contributed by atoms with Crippen molar-refractivity contribution in [1.82, 2.24) is 4.98 Å². The number of nitrogens with one attached hydrogen (secondary N) is 1. The summed E-state index contributed by atoms with van der Waals surface area (Å²) in [5, 5.41) is 9.30. The number of halogens is 4. The third-order valence-electron chi connectivity index (χ3n) is 4.13. The Morgan fingerprint density at radius 2 is 1.96 bits per heavy atom. The van der Waals surface area contributed by atoms with Crippen molar-refractivity contribution >= 4 is 28.6 Å². The first-order chi connectivity index (χ1) is 13.3. The minimum absolute atomic E-state index is 0.0222. The van der Waals surface area contributed by atoms with E-state index in [1.807, 2.05) is 0 Å². The van der Waals surface area contributed by atoms with Gasteiger partial charge in [0.2, 0.25) is 0 Å². The molecule has 0 fully saturated rings. The number of pyridine rings is 1. The van der Waals surface area contributed by atoms with E-state index in [-0.39, 0.29) is 22.0 Å². The molecule has 3 rings (SSSR count). The van der Waals surface area contributed by atoms with Crippen LogP contribution in [0, 0.1) is 11.3 Å². The molecule has 1 N–H and O–H groups in total. The zero-order valence-corrected chi connectivity index (χ0v) is 15.2. The van der Waals surface area contributed by atoms with Gasteiger partial charge in [0.05, 0.1) is 18.7 Å². The molecule has 8 heteroatoms. The van der Waals surface area contributed by atoms with Crippen molar-refractivity contribution in [1.29, 1.82) is 5.26 Å². The van der Waals surface area contributed by atoms with E-state index in [0.29, 0.717) is 16.3 Å². The third-order valence-corrected chi connectivity index (χ3v) is 4.37. The number of ether oxygens (including phenoxy) is 1. The molecule has 0 atom stereocenters. The number of methoxy groups -OCH3 is 1. The molecule has 2 aromatic carbocycles. The van der Waals surface area contributed by atoms with E-state index in [1.54, 1.807) is 18.2 Å². The van der Waals surface area contributed by atoms with Crippen molar-refractivity contribution in [3.05, 3.63) is 69.0 Å². The number of H-pyrrole nitrogens is 1. The van der Waals surface area contributed by atoms with Gasteiger partial charge in [-0.15, -0.1) is 0 Å². The number of fused-ring (bicyclic) bond motifs is 1. The van der Waals surface area contributed by atoms with Gasteiger partial charge in [0.1, 0.15) is 5.75 Å². The van der Waals surface area contributed by atoms with E-state index >= 15 is 0 Å². The highest BCUT2D eigenvalue weighted by Gasteiger charge is 2.31. The van der Waals surface area contributed by atoms with Gasteiger partial charge in [0.25, 0.3) is 5.56 Å². The lowest BCUT2D eigenvalue weighted by Crippen LogP contribution is -2.13. The Kier molecular flexibility index (Phi) is 5.16. The predicted octanol–water partition coefficient (Wildman–Crippen LogP) is 5.41. The average Bonchev–Trinajstić information content (AvgIpc) is 2.64. The maximum absolute atomic E-state index is 13.3. The first-order valence-corrected chi connectivity index (χ1v) is 8.31. The van der Waals surface area contributed by atoms with Crippen LogP contribution in [0.5, 0.6) is 5.75 Å². The van der Waals surface area contributed by atoms with Crippen molar-refractivity contribution < 1.29 is 17.9 Å². The second-order valence-corrected chi connectivity index (χ2v) is 6.24. The number of aromatic nitrogens is 1. The smallest absolute Gasteiger partial charge is 0.416 e. The van der Waals surface area contributed by atoms with E-state index in [2.05, 4.69) is 4.98 Å². The molecule has 0 radical (unpaired) electrons. The number of hydrogen-bond donors (Lipinski definition) is 1. The van der Waals surface area contributed by atoms with E-state index in [9.17, 15) is 18.0 Å². The summed E-state index contributed by atoms with van der Waals surface area (Å²) in [4.78, 5) is 15.1. The summed E-state index contributed by atoms with van der Waals surface area (Å²) in [5.41, 5.74) is -0.669. The lowest BCUT2D eigenvalue weighted by Gasteiger charge is -2.16. The number of allylic oxidation sites excluding steroid dienone is 1. The van der Waals surface area contributed by atoms with Crippen molar-refractivity contribution in [3.8, 4) is 22.9 Å². The van der Waals surface area contributed by atoms with Crippen LogP contribution in [-0.4, -0.2) is 12.1 Å². The summed E-state index contributed by atoms with van der Waals surface area (Å²) >= 11 is 6.08. The van der Waals surface area contributed by atoms with E-state index < -0.39 is 17.3 Å². The molecule has 0 saturated heterocycles. The Morgan fingerprint density at radius 1 is 1.21 bits per heavy atom. The van der Waals surface area contributed by atoms with Crippen LogP contribution in [0.25, 0.3) is 28.1 Å². The average molecular weight is 405 g/mol. The molecule has 0 aliphatic carbocycles. The second-order valence-electron chi connectivity index (χ2n) is 5.81. The maximum atomic E-state index is 13.3. The molecular weight excluding hydrogens is 393 g/mol. The Balaban J connectivity index is 2.53. The van der Waals surface area contributed by atoms with Gasteiger partial charge in [-0.1, -0.05) is 11.6 Å². The predicted molar refractivity (Wildman–Crippen MR) is 101 cm³/mol. The number of aromatic amines is 1. The van der Waals surface area contributed by atoms with Gasteiger partial charge in [-0.05, 0) is 42.5 Å². The van der Waals surface area contributed by atoms with Gasteiger partial charge >= 0.3 is 6.18 Å². The van der Waals surface area contributed by atoms with Crippen LogP contribution in [-0.2, 0) is 6.18 Å². The van der Waals surface area contributed by atoms with Crippen molar-refractivity contribution in [2.75, 3.05) is 7.11 Å². The summed E-state index contributed by atoms with van der Waals surface area (Å²) < 4.78 is 45.1. The largest absolute Gasteiger partial charge is 0.496 e. The molecule has 0 aliphatic heterocycles. The van der Waals surface area contributed by atoms with Gasteiger partial charge < -0.3 is 9.72 Å². The van der Waals surface area contributed by atoms with Crippen LogP contribution >= 0.6 is 11.6 Å². The summed E-state index contributed by atoms with van der Waals surface area (Å²) in [6.45, 7) is 0. The van der Waals surface area contributed by atoms with Gasteiger partial charge in [-0.2, -0.15) is 18.4 Å². The fraction of sp³-hybridized carbons (Fsp3) is 0.100. The molecule has 0 amide bonds. The number of hydrogen-bond acceptors (Lipinski definition) is 3. The molecule has 3 aromatic rings. The number of nitrogens with zero attached hydrogens (tertiary/aromatic N) is 1. The first kappa shape index (κ1) is 19.5. The van der Waals surface area contributed by atoms with Crippen LogP contribution in [0.3, 0.4) is 0 Å². The zero-order chi connectivity index (χ0) is 20.5. The summed E-state index contributed by atoms with van der Waals surface area (Å²) in [6.07, 6.45) is -2.25. The molecule has 0 spiro atoms. The minimum Gasteiger partial charge on any atom is -0.496 e. The van der Waals surface area contributed by atoms with Crippen LogP contribution in [0.2, 0.25) is 5.02 Å². The van der Waals surface area contributed by atoms with Crippen LogP contribution in [0.1, 0.15) is 11.1 Å². The fourth-order valence-electron chi connectivity index (χ4n) is 2.93. The highest BCUT2D eigenvalue weighted by atomic mass is 35.5. The monoisotopic (exact) mass is 404 g/mol.